The monoisotopic (exact) mass is 142 g/mol. The molecule has 0 aromatic rings. The molecule has 1 spiro atoms. The molecule has 2 rings (SSSR count). The van der Waals surface area contributed by atoms with Crippen LogP contribution >= 0.6 is 0 Å². The average molecular weight is 142 g/mol. The highest BCUT2D eigenvalue weighted by molar-refractivity contribution is 4.57. The number of ether oxygens (including phenoxy) is 1. The fourth-order valence-electron chi connectivity index (χ4n) is 2.18. The first kappa shape index (κ1) is 6.62. The van der Waals surface area contributed by atoms with Crippen LogP contribution in [0.25, 0.3) is 0 Å². The van der Waals surface area contributed by atoms with Gasteiger partial charge in [-0.2, -0.15) is 0 Å². The smallest absolute Gasteiger partial charge is 0.102 e. The van der Waals surface area contributed by atoms with Gasteiger partial charge in [0.2, 0.25) is 0 Å². The van der Waals surface area contributed by atoms with Crippen molar-refractivity contribution in [2.75, 3.05) is 39.4 Å². The molecular weight excluding hydrogens is 126 g/mol. The van der Waals surface area contributed by atoms with E-state index >= 15 is 0 Å². The summed E-state index contributed by atoms with van der Waals surface area (Å²) in [5, 5.41) is 0. The number of hydrogen-bond donors (Lipinski definition) is 0. The third-order valence-corrected chi connectivity index (χ3v) is 2.93. The molecule has 0 atom stereocenters. The van der Waals surface area contributed by atoms with E-state index in [4.69, 9.17) is 4.74 Å². The van der Waals surface area contributed by atoms with Crippen LogP contribution in [0.5, 0.6) is 0 Å². The fraction of sp³-hybridized carbons (Fsp3) is 1.00. The van der Waals surface area contributed by atoms with Gasteiger partial charge in [-0.1, -0.05) is 0 Å². The van der Waals surface area contributed by atoms with Gasteiger partial charge < -0.3 is 9.22 Å². The number of nitrogens with zero attached hydrogens (tertiary/aromatic N) is 1. The first-order chi connectivity index (χ1) is 4.91. The van der Waals surface area contributed by atoms with Crippen molar-refractivity contribution in [1.82, 2.24) is 0 Å². The lowest BCUT2D eigenvalue weighted by Crippen LogP contribution is -2.52. The molecule has 0 unspecified atom stereocenters. The van der Waals surface area contributed by atoms with E-state index in [0.717, 1.165) is 13.2 Å². The molecule has 0 bridgehead atoms. The number of rotatable bonds is 0. The van der Waals surface area contributed by atoms with E-state index in [0.29, 0.717) is 0 Å². The Bertz CT molecular complexity index is 110. The van der Waals surface area contributed by atoms with Crippen molar-refractivity contribution < 1.29 is 9.22 Å². The number of quaternary nitrogens is 1. The van der Waals surface area contributed by atoms with Gasteiger partial charge in [-0.15, -0.1) is 0 Å². The Morgan fingerprint density at radius 2 is 1.40 bits per heavy atom. The van der Waals surface area contributed by atoms with Crippen molar-refractivity contribution in [3.05, 3.63) is 0 Å². The zero-order valence-corrected chi connectivity index (χ0v) is 6.51. The molecule has 0 aromatic carbocycles. The molecular formula is C8H16NO+. The SMILES string of the molecule is C1CC[N+]2(C1)CCOCC2. The van der Waals surface area contributed by atoms with Crippen LogP contribution in [0.4, 0.5) is 0 Å². The number of morpholine rings is 1. The summed E-state index contributed by atoms with van der Waals surface area (Å²) in [7, 11) is 0. The Balaban J connectivity index is 1.98. The zero-order valence-electron chi connectivity index (χ0n) is 6.51. The van der Waals surface area contributed by atoms with Crippen LogP contribution in [0.2, 0.25) is 0 Å². The van der Waals surface area contributed by atoms with Crippen LogP contribution in [0.3, 0.4) is 0 Å². The van der Waals surface area contributed by atoms with Gasteiger partial charge in [-0.3, -0.25) is 0 Å². The van der Waals surface area contributed by atoms with E-state index in [2.05, 4.69) is 0 Å². The first-order valence-corrected chi connectivity index (χ1v) is 4.34. The predicted octanol–water partition coefficient (Wildman–Crippen LogP) is 0.627. The third kappa shape index (κ3) is 1.06. The van der Waals surface area contributed by atoms with E-state index in [9.17, 15) is 0 Å². The minimum absolute atomic E-state index is 1.00. The van der Waals surface area contributed by atoms with Gasteiger partial charge >= 0.3 is 0 Å². The van der Waals surface area contributed by atoms with Gasteiger partial charge in [-0.25, -0.2) is 0 Å². The quantitative estimate of drug-likeness (QED) is 0.451. The lowest BCUT2D eigenvalue weighted by molar-refractivity contribution is -0.923. The molecule has 2 heteroatoms. The average Bonchev–Trinajstić information content (AvgIpc) is 2.39. The summed E-state index contributed by atoms with van der Waals surface area (Å²) in [5.41, 5.74) is 0. The lowest BCUT2D eigenvalue weighted by Gasteiger charge is -2.37. The Labute approximate surface area is 62.4 Å². The van der Waals surface area contributed by atoms with Crippen molar-refractivity contribution in [2.45, 2.75) is 12.8 Å². The van der Waals surface area contributed by atoms with E-state index in [1.54, 1.807) is 0 Å². The second kappa shape index (κ2) is 2.51. The molecule has 0 N–H and O–H groups in total. The molecule has 2 saturated heterocycles. The Morgan fingerprint density at radius 1 is 0.800 bits per heavy atom. The maximum Gasteiger partial charge on any atom is 0.102 e. The summed E-state index contributed by atoms with van der Waals surface area (Å²) in [6, 6.07) is 0. The fourth-order valence-corrected chi connectivity index (χ4v) is 2.18. The minimum Gasteiger partial charge on any atom is -0.370 e. The molecule has 0 radical (unpaired) electrons. The van der Waals surface area contributed by atoms with Gasteiger partial charge in [0, 0.05) is 12.8 Å². The van der Waals surface area contributed by atoms with Gasteiger partial charge in [0.25, 0.3) is 0 Å². The summed E-state index contributed by atoms with van der Waals surface area (Å²) in [6.45, 7) is 7.40. The van der Waals surface area contributed by atoms with Gasteiger partial charge in [0.05, 0.1) is 26.3 Å². The van der Waals surface area contributed by atoms with Crippen LogP contribution in [-0.2, 0) is 4.74 Å². The molecule has 0 aliphatic carbocycles. The van der Waals surface area contributed by atoms with Crippen molar-refractivity contribution in [2.24, 2.45) is 0 Å². The standard InChI is InChI=1S/C8H16NO/c1-2-4-9(3-1)5-7-10-8-6-9/h1-8H2/q+1. The molecule has 0 amide bonds. The van der Waals surface area contributed by atoms with E-state index in [1.165, 1.54) is 43.5 Å². The molecule has 58 valence electrons. The Kier molecular flexibility index (Phi) is 1.66. The van der Waals surface area contributed by atoms with Gasteiger partial charge in [0.1, 0.15) is 13.1 Å². The largest absolute Gasteiger partial charge is 0.370 e. The topological polar surface area (TPSA) is 9.23 Å². The normalized spacial score (nSPS) is 31.2. The molecule has 0 saturated carbocycles. The highest BCUT2D eigenvalue weighted by Gasteiger charge is 2.33. The lowest BCUT2D eigenvalue weighted by atomic mass is 10.3. The minimum atomic E-state index is 1.00. The zero-order chi connectivity index (χ0) is 6.86. The summed E-state index contributed by atoms with van der Waals surface area (Å²) in [5.74, 6) is 0. The van der Waals surface area contributed by atoms with Gasteiger partial charge in [-0.05, 0) is 0 Å². The molecule has 0 aromatic heterocycles. The summed E-state index contributed by atoms with van der Waals surface area (Å²) >= 11 is 0. The predicted molar refractivity (Wildman–Crippen MR) is 39.8 cm³/mol. The maximum absolute atomic E-state index is 5.34. The van der Waals surface area contributed by atoms with Crippen molar-refractivity contribution in [1.29, 1.82) is 0 Å². The molecule has 10 heavy (non-hydrogen) atoms. The molecule has 2 nitrogen and oxygen atoms in total. The Hall–Kier alpha value is -0.0800. The van der Waals surface area contributed by atoms with Crippen LogP contribution in [-0.4, -0.2) is 43.9 Å². The molecule has 2 aliphatic heterocycles. The second-order valence-electron chi connectivity index (χ2n) is 3.56. The molecule has 2 aliphatic rings. The summed E-state index contributed by atoms with van der Waals surface area (Å²) < 4.78 is 6.72. The first-order valence-electron chi connectivity index (χ1n) is 4.34. The van der Waals surface area contributed by atoms with E-state index in [-0.39, 0.29) is 0 Å². The van der Waals surface area contributed by atoms with Crippen LogP contribution in [0.1, 0.15) is 12.8 Å². The van der Waals surface area contributed by atoms with Gasteiger partial charge in [0.15, 0.2) is 0 Å². The highest BCUT2D eigenvalue weighted by atomic mass is 16.5. The maximum atomic E-state index is 5.34. The molecule has 2 fully saturated rings. The highest BCUT2D eigenvalue weighted by Crippen LogP contribution is 2.20. The summed E-state index contributed by atoms with van der Waals surface area (Å²) in [6.07, 6.45) is 2.89. The van der Waals surface area contributed by atoms with Crippen LogP contribution in [0, 0.1) is 0 Å². The van der Waals surface area contributed by atoms with Crippen LogP contribution in [0.15, 0.2) is 0 Å². The van der Waals surface area contributed by atoms with Crippen LogP contribution < -0.4 is 0 Å². The van der Waals surface area contributed by atoms with E-state index in [1.807, 2.05) is 0 Å². The summed E-state index contributed by atoms with van der Waals surface area (Å²) in [4.78, 5) is 0. The van der Waals surface area contributed by atoms with E-state index < -0.39 is 0 Å². The van der Waals surface area contributed by atoms with Crippen molar-refractivity contribution >= 4 is 0 Å². The van der Waals surface area contributed by atoms with Crippen molar-refractivity contribution in [3.8, 4) is 0 Å². The van der Waals surface area contributed by atoms with Crippen molar-refractivity contribution in [3.63, 3.8) is 0 Å². The Morgan fingerprint density at radius 3 is 2.00 bits per heavy atom. The third-order valence-electron chi connectivity index (χ3n) is 2.93. The molecule has 2 heterocycles. The number of hydrogen-bond acceptors (Lipinski definition) is 1. The second-order valence-corrected chi connectivity index (χ2v) is 3.56.